The van der Waals surface area contributed by atoms with Crippen molar-refractivity contribution in [2.24, 2.45) is 0 Å². The van der Waals surface area contributed by atoms with Crippen molar-refractivity contribution in [1.82, 2.24) is 4.98 Å². The molecular weight excluding hydrogens is 202 g/mol. The lowest BCUT2D eigenvalue weighted by Crippen LogP contribution is -2.32. The summed E-state index contributed by atoms with van der Waals surface area (Å²) in [4.78, 5) is 6.29. The van der Waals surface area contributed by atoms with Crippen LogP contribution in [0.5, 0.6) is 0 Å². The minimum atomic E-state index is 0.370. The fourth-order valence-corrected chi connectivity index (χ4v) is 2.08. The molecule has 4 nitrogen and oxygen atoms in total. The molecule has 0 saturated carbocycles. The van der Waals surface area contributed by atoms with Gasteiger partial charge < -0.3 is 15.4 Å². The number of aromatic nitrogens is 1. The van der Waals surface area contributed by atoms with Gasteiger partial charge in [-0.1, -0.05) is 0 Å². The normalized spacial score (nSPS) is 19.9. The van der Waals surface area contributed by atoms with Gasteiger partial charge in [0, 0.05) is 37.6 Å². The molecule has 1 atom stereocenters. The molecular formula is C12H19N3O. The van der Waals surface area contributed by atoms with E-state index in [0.717, 1.165) is 31.8 Å². The van der Waals surface area contributed by atoms with Crippen LogP contribution in [0, 0.1) is 0 Å². The number of nitrogens with zero attached hydrogens (tertiary/aromatic N) is 2. The van der Waals surface area contributed by atoms with Crippen molar-refractivity contribution in [3.63, 3.8) is 0 Å². The lowest BCUT2D eigenvalue weighted by molar-refractivity contribution is 0.115. The van der Waals surface area contributed by atoms with Crippen LogP contribution in [0.1, 0.15) is 19.8 Å². The standard InChI is InChI=1S/C12H19N3O/c1-2-15(9-11-4-3-7-16-11)10-5-6-14-12(13)8-10/h5-6,8,11H,2-4,7,9H2,1H3,(H2,13,14). The van der Waals surface area contributed by atoms with Crippen molar-refractivity contribution < 1.29 is 4.74 Å². The number of nitrogen functional groups attached to an aromatic ring is 1. The Kier molecular flexibility index (Phi) is 3.62. The van der Waals surface area contributed by atoms with Gasteiger partial charge in [-0.25, -0.2) is 4.98 Å². The summed E-state index contributed by atoms with van der Waals surface area (Å²) in [6.07, 6.45) is 4.47. The summed E-state index contributed by atoms with van der Waals surface area (Å²) >= 11 is 0. The maximum atomic E-state index is 5.69. The highest BCUT2D eigenvalue weighted by Gasteiger charge is 2.18. The van der Waals surface area contributed by atoms with Crippen molar-refractivity contribution >= 4 is 11.5 Å². The van der Waals surface area contributed by atoms with E-state index < -0.39 is 0 Å². The molecule has 0 amide bonds. The minimum absolute atomic E-state index is 0.370. The van der Waals surface area contributed by atoms with Gasteiger partial charge in [0.25, 0.3) is 0 Å². The molecule has 2 N–H and O–H groups in total. The molecule has 2 rings (SSSR count). The third-order valence-electron chi connectivity index (χ3n) is 2.96. The summed E-state index contributed by atoms with van der Waals surface area (Å²) in [6, 6.07) is 3.91. The Hall–Kier alpha value is -1.29. The Morgan fingerprint density at radius 2 is 2.50 bits per heavy atom. The van der Waals surface area contributed by atoms with Gasteiger partial charge in [-0.15, -0.1) is 0 Å². The molecule has 1 saturated heterocycles. The first kappa shape index (κ1) is 11.2. The number of anilines is 2. The lowest BCUT2D eigenvalue weighted by atomic mass is 10.2. The van der Waals surface area contributed by atoms with Gasteiger partial charge in [0.2, 0.25) is 0 Å². The molecule has 88 valence electrons. The molecule has 2 heterocycles. The summed E-state index contributed by atoms with van der Waals surface area (Å²) in [6.45, 7) is 4.95. The van der Waals surface area contributed by atoms with Crippen molar-refractivity contribution in [2.75, 3.05) is 30.3 Å². The highest BCUT2D eigenvalue weighted by atomic mass is 16.5. The number of ether oxygens (including phenoxy) is 1. The van der Waals surface area contributed by atoms with Crippen molar-refractivity contribution in [3.8, 4) is 0 Å². The quantitative estimate of drug-likeness (QED) is 0.840. The van der Waals surface area contributed by atoms with E-state index in [2.05, 4.69) is 16.8 Å². The zero-order valence-corrected chi connectivity index (χ0v) is 9.72. The second kappa shape index (κ2) is 5.16. The van der Waals surface area contributed by atoms with E-state index in [4.69, 9.17) is 10.5 Å². The van der Waals surface area contributed by atoms with Gasteiger partial charge in [0.1, 0.15) is 5.82 Å². The third-order valence-corrected chi connectivity index (χ3v) is 2.96. The average molecular weight is 221 g/mol. The molecule has 1 aromatic heterocycles. The van der Waals surface area contributed by atoms with Crippen LogP contribution in [-0.2, 0) is 4.74 Å². The number of pyridine rings is 1. The summed E-state index contributed by atoms with van der Waals surface area (Å²) in [5.41, 5.74) is 6.82. The maximum Gasteiger partial charge on any atom is 0.125 e. The van der Waals surface area contributed by atoms with Crippen LogP contribution in [0.15, 0.2) is 18.3 Å². The molecule has 1 fully saturated rings. The van der Waals surface area contributed by atoms with Crippen LogP contribution >= 0.6 is 0 Å². The fourth-order valence-electron chi connectivity index (χ4n) is 2.08. The molecule has 1 unspecified atom stereocenters. The SMILES string of the molecule is CCN(CC1CCCO1)c1ccnc(N)c1. The van der Waals surface area contributed by atoms with Gasteiger partial charge in [-0.2, -0.15) is 0 Å². The zero-order valence-electron chi connectivity index (χ0n) is 9.72. The first-order chi connectivity index (χ1) is 7.79. The van der Waals surface area contributed by atoms with E-state index in [1.165, 1.54) is 6.42 Å². The predicted molar refractivity (Wildman–Crippen MR) is 65.5 cm³/mol. The monoisotopic (exact) mass is 221 g/mol. The van der Waals surface area contributed by atoms with Gasteiger partial charge >= 0.3 is 0 Å². The summed E-state index contributed by atoms with van der Waals surface area (Å²) < 4.78 is 5.65. The number of hydrogen-bond acceptors (Lipinski definition) is 4. The Labute approximate surface area is 96.4 Å². The van der Waals surface area contributed by atoms with E-state index in [0.29, 0.717) is 11.9 Å². The number of rotatable bonds is 4. The maximum absolute atomic E-state index is 5.69. The molecule has 1 aliphatic heterocycles. The van der Waals surface area contributed by atoms with Crippen molar-refractivity contribution in [1.29, 1.82) is 0 Å². The van der Waals surface area contributed by atoms with Crippen LogP contribution in [0.4, 0.5) is 11.5 Å². The predicted octanol–water partition coefficient (Wildman–Crippen LogP) is 1.67. The molecule has 16 heavy (non-hydrogen) atoms. The molecule has 0 radical (unpaired) electrons. The second-order valence-corrected chi connectivity index (χ2v) is 4.11. The first-order valence-corrected chi connectivity index (χ1v) is 5.87. The number of nitrogens with two attached hydrogens (primary N) is 1. The number of likely N-dealkylation sites (N-methyl/N-ethyl adjacent to an activating group) is 1. The minimum Gasteiger partial charge on any atom is -0.384 e. The molecule has 1 aliphatic rings. The molecule has 4 heteroatoms. The Balaban J connectivity index is 2.03. The third kappa shape index (κ3) is 2.64. The molecule has 1 aromatic rings. The van der Waals surface area contributed by atoms with Gasteiger partial charge in [0.15, 0.2) is 0 Å². The van der Waals surface area contributed by atoms with E-state index in [1.54, 1.807) is 6.20 Å². The topological polar surface area (TPSA) is 51.4 Å². The van der Waals surface area contributed by atoms with E-state index in [-0.39, 0.29) is 0 Å². The molecule has 0 spiro atoms. The highest BCUT2D eigenvalue weighted by molar-refractivity contribution is 5.52. The van der Waals surface area contributed by atoms with Gasteiger partial charge in [0.05, 0.1) is 6.10 Å². The summed E-state index contributed by atoms with van der Waals surface area (Å²) in [5.74, 6) is 0.572. The first-order valence-electron chi connectivity index (χ1n) is 5.87. The van der Waals surface area contributed by atoms with E-state index in [1.807, 2.05) is 12.1 Å². The highest BCUT2D eigenvalue weighted by Crippen LogP contribution is 2.19. The Morgan fingerprint density at radius 1 is 1.62 bits per heavy atom. The fraction of sp³-hybridized carbons (Fsp3) is 0.583. The van der Waals surface area contributed by atoms with Crippen LogP contribution in [0.3, 0.4) is 0 Å². The van der Waals surface area contributed by atoms with Crippen molar-refractivity contribution in [2.45, 2.75) is 25.9 Å². The van der Waals surface area contributed by atoms with Crippen molar-refractivity contribution in [3.05, 3.63) is 18.3 Å². The zero-order chi connectivity index (χ0) is 11.4. The van der Waals surface area contributed by atoms with Gasteiger partial charge in [-0.3, -0.25) is 0 Å². The summed E-state index contributed by atoms with van der Waals surface area (Å²) in [5, 5.41) is 0. The Morgan fingerprint density at radius 3 is 3.12 bits per heavy atom. The number of hydrogen-bond donors (Lipinski definition) is 1. The van der Waals surface area contributed by atoms with Crippen LogP contribution < -0.4 is 10.6 Å². The second-order valence-electron chi connectivity index (χ2n) is 4.11. The lowest BCUT2D eigenvalue weighted by Gasteiger charge is -2.26. The Bertz CT molecular complexity index is 337. The van der Waals surface area contributed by atoms with Crippen LogP contribution in [-0.4, -0.2) is 30.8 Å². The average Bonchev–Trinajstić information content (AvgIpc) is 2.78. The molecule has 0 aliphatic carbocycles. The van der Waals surface area contributed by atoms with Crippen LogP contribution in [0.25, 0.3) is 0 Å². The van der Waals surface area contributed by atoms with E-state index in [9.17, 15) is 0 Å². The smallest absolute Gasteiger partial charge is 0.125 e. The summed E-state index contributed by atoms with van der Waals surface area (Å²) in [7, 11) is 0. The van der Waals surface area contributed by atoms with Gasteiger partial charge in [-0.05, 0) is 25.8 Å². The largest absolute Gasteiger partial charge is 0.384 e. The molecule has 0 aromatic carbocycles. The van der Waals surface area contributed by atoms with Crippen LogP contribution in [0.2, 0.25) is 0 Å². The van der Waals surface area contributed by atoms with E-state index >= 15 is 0 Å². The molecule has 0 bridgehead atoms.